The van der Waals surface area contributed by atoms with Crippen molar-refractivity contribution in [3.05, 3.63) is 72.5 Å². The van der Waals surface area contributed by atoms with E-state index < -0.39 is 18.1 Å². The molecule has 0 saturated carbocycles. The van der Waals surface area contributed by atoms with Crippen molar-refractivity contribution in [2.45, 2.75) is 38.2 Å². The van der Waals surface area contributed by atoms with Gasteiger partial charge in [-0.05, 0) is 30.2 Å². The fraction of sp³-hybridized carbons (Fsp3) is 0.280. The van der Waals surface area contributed by atoms with Crippen LogP contribution in [-0.4, -0.2) is 45.9 Å². The number of nitrogens with zero attached hydrogens (tertiary/aromatic N) is 2. The molecule has 10 nitrogen and oxygen atoms in total. The van der Waals surface area contributed by atoms with Crippen LogP contribution in [0.2, 0.25) is 0 Å². The Morgan fingerprint density at radius 1 is 1.31 bits per heavy atom. The minimum atomic E-state index is -0.762. The minimum Gasteiger partial charge on any atom is -0.489 e. The molecule has 186 valence electrons. The predicted molar refractivity (Wildman–Crippen MR) is 130 cm³/mol. The molecule has 0 bridgehead atoms. The molecule has 1 fully saturated rings. The number of nitrogen functional groups attached to an aromatic ring is 1. The number of nitrogens with two attached hydrogens (primary N) is 2. The zero-order chi connectivity index (χ0) is 25.3. The van der Waals surface area contributed by atoms with Gasteiger partial charge in [0, 0.05) is 28.8 Å². The molecule has 4 rings (SSSR count). The third-order valence-electron chi connectivity index (χ3n) is 6.33. The Bertz CT molecular complexity index is 1200. The second kappa shape index (κ2) is 11.4. The van der Waals surface area contributed by atoms with E-state index in [1.807, 2.05) is 6.07 Å². The molecule has 1 saturated heterocycles. The van der Waals surface area contributed by atoms with E-state index in [9.17, 15) is 14.4 Å². The van der Waals surface area contributed by atoms with Gasteiger partial charge >= 0.3 is 31.1 Å². The molecule has 0 spiro atoms. The van der Waals surface area contributed by atoms with Crippen LogP contribution in [0.15, 0.2) is 36.4 Å². The molecule has 0 aromatic heterocycles. The normalized spacial score (nSPS) is 17.7. The number of carbonyl (C=O) groups excluding carboxylic acids is 3. The molecule has 2 aromatic rings. The van der Waals surface area contributed by atoms with Crippen LogP contribution in [-0.2, 0) is 22.7 Å². The van der Waals surface area contributed by atoms with E-state index in [1.54, 1.807) is 30.3 Å². The summed E-state index contributed by atoms with van der Waals surface area (Å²) in [6.45, 7) is 7.71. The van der Waals surface area contributed by atoms with Gasteiger partial charge in [-0.25, -0.2) is 0 Å². The number of amides is 3. The van der Waals surface area contributed by atoms with Crippen LogP contribution >= 0.6 is 0 Å². The second-order valence-corrected chi connectivity index (χ2v) is 8.52. The van der Waals surface area contributed by atoms with Crippen LogP contribution in [0.3, 0.4) is 0 Å². The fourth-order valence-electron chi connectivity index (χ4n) is 4.45. The Kier molecular flexibility index (Phi) is 8.72. The maximum Gasteiger partial charge on any atom is 2.00 e. The van der Waals surface area contributed by atoms with Crippen molar-refractivity contribution in [3.8, 4) is 5.75 Å². The van der Waals surface area contributed by atoms with E-state index >= 15 is 0 Å². The summed E-state index contributed by atoms with van der Waals surface area (Å²) in [5.41, 5.74) is 15.4. The minimum absolute atomic E-state index is 0. The Morgan fingerprint density at radius 2 is 2.06 bits per heavy atom. The molecule has 2 aromatic carbocycles. The molecule has 11 heteroatoms. The first-order valence-corrected chi connectivity index (χ1v) is 11.2. The number of amidine groups is 1. The number of fused-ring (bicyclic) bond motifs is 1. The Morgan fingerprint density at radius 3 is 2.69 bits per heavy atom. The van der Waals surface area contributed by atoms with Crippen molar-refractivity contribution < 1.29 is 50.2 Å². The van der Waals surface area contributed by atoms with Crippen molar-refractivity contribution in [2.24, 2.45) is 5.73 Å². The Labute approximate surface area is 233 Å². The van der Waals surface area contributed by atoms with E-state index in [2.05, 4.69) is 19.2 Å². The maximum atomic E-state index is 13.0. The summed E-state index contributed by atoms with van der Waals surface area (Å²) in [4.78, 5) is 39.9. The molecule has 36 heavy (non-hydrogen) atoms. The van der Waals surface area contributed by atoms with Crippen LogP contribution in [0.1, 0.15) is 46.1 Å². The van der Waals surface area contributed by atoms with Gasteiger partial charge in [0.1, 0.15) is 24.6 Å². The summed E-state index contributed by atoms with van der Waals surface area (Å²) in [6, 6.07) is 9.91. The average molecular weight is 715 g/mol. The molecule has 3 amide bonds. The zero-order valence-corrected chi connectivity index (χ0v) is 23.9. The number of anilines is 1. The topological polar surface area (TPSA) is 155 Å². The number of hydrogen-bond acceptors (Lipinski definition) is 7. The second-order valence-electron chi connectivity index (χ2n) is 8.52. The third kappa shape index (κ3) is 5.38. The van der Waals surface area contributed by atoms with Gasteiger partial charge in [-0.3, -0.25) is 15.0 Å². The van der Waals surface area contributed by atoms with Crippen molar-refractivity contribution in [1.29, 1.82) is 5.41 Å². The largest absolute Gasteiger partial charge is 2.00 e. The summed E-state index contributed by atoms with van der Waals surface area (Å²) in [5.74, 6) is -0.284. The monoisotopic (exact) mass is 714 g/mol. The van der Waals surface area contributed by atoms with E-state index in [0.717, 1.165) is 11.1 Å². The molecule has 2 unspecified atom stereocenters. The van der Waals surface area contributed by atoms with E-state index in [1.165, 1.54) is 9.80 Å². The van der Waals surface area contributed by atoms with Gasteiger partial charge in [0.15, 0.2) is 0 Å². The number of nitrogens with one attached hydrogen (secondary N) is 2. The third-order valence-corrected chi connectivity index (χ3v) is 6.33. The van der Waals surface area contributed by atoms with Gasteiger partial charge in [0.05, 0.1) is 18.3 Å². The molecule has 2 aliphatic rings. The fourth-order valence-corrected chi connectivity index (χ4v) is 4.45. The molecule has 6 N–H and O–H groups in total. The summed E-state index contributed by atoms with van der Waals surface area (Å²) in [7, 11) is 0. The van der Waals surface area contributed by atoms with E-state index in [-0.39, 0.29) is 68.5 Å². The molecular formula is C25H28N6O4U. The number of piperidine rings is 1. The van der Waals surface area contributed by atoms with E-state index in [0.29, 0.717) is 35.4 Å². The summed E-state index contributed by atoms with van der Waals surface area (Å²) in [5, 5.41) is 10.2. The standard InChI is InChI=1S/C25H28N6O4.U/c1-3-30(14(2)32)23(28)17-8-7-15(11-19(17)26)13-35-21-6-4-5-16-18(21)12-31(25(16)34)20-9-10-22(27)29-24(20)33;/h4-8,11,20,23H,1-3,9-10,12-13,26,28H2,(H2,27,29,33);/q-2;+2. The summed E-state index contributed by atoms with van der Waals surface area (Å²) in [6.07, 6.45) is 0.0678. The molecule has 2 atom stereocenters. The zero-order valence-electron chi connectivity index (χ0n) is 19.8. The van der Waals surface area contributed by atoms with Crippen LogP contribution in [0.25, 0.3) is 0 Å². The van der Waals surface area contributed by atoms with Gasteiger partial charge in [0.2, 0.25) is 5.91 Å². The van der Waals surface area contributed by atoms with Crippen LogP contribution in [0.5, 0.6) is 5.75 Å². The first-order valence-electron chi connectivity index (χ1n) is 11.2. The molecule has 0 aliphatic carbocycles. The number of rotatable bonds is 7. The summed E-state index contributed by atoms with van der Waals surface area (Å²) < 4.78 is 6.04. The number of hydrogen-bond donors (Lipinski definition) is 4. The van der Waals surface area contributed by atoms with Gasteiger partial charge < -0.3 is 50.0 Å². The van der Waals surface area contributed by atoms with Gasteiger partial charge in [-0.15, -0.1) is 6.54 Å². The van der Waals surface area contributed by atoms with Gasteiger partial charge in [0.25, 0.3) is 5.91 Å². The smallest absolute Gasteiger partial charge is 0.489 e. The van der Waals surface area contributed by atoms with Crippen molar-refractivity contribution in [2.75, 3.05) is 12.3 Å². The van der Waals surface area contributed by atoms with Gasteiger partial charge in [-0.2, -0.15) is 0 Å². The molecule has 2 heterocycles. The van der Waals surface area contributed by atoms with E-state index in [4.69, 9.17) is 21.6 Å². The quantitative estimate of drug-likeness (QED) is 0.194. The number of benzene rings is 2. The first kappa shape index (κ1) is 27.6. The number of carbonyl (C=O) groups is 3. The Hall–Kier alpha value is -3.00. The SMILES string of the molecule is [CH2-]CN(C([CH2-])=O)C(N)c1ccc(COc2cccc3c2CN(C2CCC(=N)NC2=O)C3=O)cc1N.[U+2]. The van der Waals surface area contributed by atoms with Crippen molar-refractivity contribution in [1.82, 2.24) is 15.1 Å². The first-order chi connectivity index (χ1) is 16.7. The molecule has 0 radical (unpaired) electrons. The van der Waals surface area contributed by atoms with Crippen LogP contribution in [0, 0.1) is 50.4 Å². The predicted octanol–water partition coefficient (Wildman–Crippen LogP) is 1.51. The average Bonchev–Trinajstić information content (AvgIpc) is 3.14. The maximum absolute atomic E-state index is 13.0. The van der Waals surface area contributed by atoms with Crippen molar-refractivity contribution >= 4 is 29.2 Å². The molecule has 2 aliphatic heterocycles. The Balaban J connectivity index is 0.00000361. The van der Waals surface area contributed by atoms with Crippen LogP contribution < -0.4 is 21.5 Å². The molecular weight excluding hydrogens is 686 g/mol. The number of ether oxygens (including phenoxy) is 1. The van der Waals surface area contributed by atoms with Crippen molar-refractivity contribution in [3.63, 3.8) is 0 Å². The van der Waals surface area contributed by atoms with Crippen LogP contribution in [0.4, 0.5) is 5.69 Å². The van der Waals surface area contributed by atoms with Gasteiger partial charge in [-0.1, -0.05) is 18.2 Å². The summed E-state index contributed by atoms with van der Waals surface area (Å²) >= 11 is 0.